The Labute approximate surface area is 124 Å². The molecule has 0 saturated carbocycles. The van der Waals surface area contributed by atoms with Crippen molar-refractivity contribution in [3.63, 3.8) is 0 Å². The first-order valence-corrected chi connectivity index (χ1v) is 6.79. The third-order valence-corrected chi connectivity index (χ3v) is 3.42. The summed E-state index contributed by atoms with van der Waals surface area (Å²) in [5.41, 5.74) is 7.84. The molecular weight excluding hydrogens is 274 g/mol. The second-order valence-electron chi connectivity index (χ2n) is 4.57. The van der Waals surface area contributed by atoms with Crippen LogP contribution in [0, 0.1) is 0 Å². The minimum atomic E-state index is -0.109. The van der Waals surface area contributed by atoms with E-state index in [1.807, 2.05) is 49.4 Å². The predicted octanol–water partition coefficient (Wildman–Crippen LogP) is 3.95. The topological polar surface area (TPSA) is 44.5 Å². The van der Waals surface area contributed by atoms with Crippen molar-refractivity contribution in [1.82, 2.24) is 0 Å². The first-order valence-electron chi connectivity index (χ1n) is 6.41. The van der Waals surface area contributed by atoms with Crippen LogP contribution in [0.15, 0.2) is 42.5 Å². The predicted molar refractivity (Wildman–Crippen MR) is 81.4 cm³/mol. The average molecular weight is 292 g/mol. The minimum Gasteiger partial charge on any atom is -0.497 e. The summed E-state index contributed by atoms with van der Waals surface area (Å²) in [4.78, 5) is 0. The Morgan fingerprint density at radius 3 is 2.60 bits per heavy atom. The Hall–Kier alpha value is -1.71. The van der Waals surface area contributed by atoms with E-state index in [-0.39, 0.29) is 6.04 Å². The van der Waals surface area contributed by atoms with E-state index >= 15 is 0 Å². The third-order valence-electron chi connectivity index (χ3n) is 3.05. The van der Waals surface area contributed by atoms with Gasteiger partial charge in [0.2, 0.25) is 0 Å². The molecule has 1 atom stereocenters. The Kier molecular flexibility index (Phi) is 4.88. The van der Waals surface area contributed by atoms with Crippen LogP contribution in [0.1, 0.15) is 24.1 Å². The largest absolute Gasteiger partial charge is 0.497 e. The molecule has 0 aliphatic heterocycles. The SMILES string of the molecule is COc1ccc([C@H](C)N)c(OCc2ccccc2Cl)c1. The van der Waals surface area contributed by atoms with Gasteiger partial charge in [0, 0.05) is 28.3 Å². The van der Waals surface area contributed by atoms with Crippen molar-refractivity contribution in [1.29, 1.82) is 0 Å². The molecule has 0 fully saturated rings. The molecule has 0 unspecified atom stereocenters. The van der Waals surface area contributed by atoms with E-state index in [0.29, 0.717) is 11.6 Å². The fourth-order valence-electron chi connectivity index (χ4n) is 1.91. The van der Waals surface area contributed by atoms with Crippen LogP contribution in [0.4, 0.5) is 0 Å². The average Bonchev–Trinajstić information content (AvgIpc) is 2.46. The summed E-state index contributed by atoms with van der Waals surface area (Å²) in [5, 5.41) is 0.692. The first-order chi connectivity index (χ1) is 9.61. The molecule has 0 heterocycles. The van der Waals surface area contributed by atoms with Gasteiger partial charge in [-0.1, -0.05) is 35.9 Å². The molecule has 2 aromatic rings. The number of methoxy groups -OCH3 is 1. The minimum absolute atomic E-state index is 0.109. The van der Waals surface area contributed by atoms with Gasteiger partial charge in [0.25, 0.3) is 0 Å². The van der Waals surface area contributed by atoms with Gasteiger partial charge in [0.1, 0.15) is 18.1 Å². The molecule has 0 aromatic heterocycles. The lowest BCUT2D eigenvalue weighted by molar-refractivity contribution is 0.299. The Morgan fingerprint density at radius 1 is 1.20 bits per heavy atom. The van der Waals surface area contributed by atoms with E-state index in [2.05, 4.69) is 0 Å². The van der Waals surface area contributed by atoms with E-state index in [0.717, 1.165) is 22.6 Å². The van der Waals surface area contributed by atoms with E-state index in [1.165, 1.54) is 0 Å². The summed E-state index contributed by atoms with van der Waals surface area (Å²) in [5.74, 6) is 1.46. The number of halogens is 1. The standard InChI is InChI=1S/C16H18ClNO2/c1-11(18)14-8-7-13(19-2)9-16(14)20-10-12-5-3-4-6-15(12)17/h3-9,11H,10,18H2,1-2H3/t11-/m0/s1. The van der Waals surface area contributed by atoms with Gasteiger partial charge >= 0.3 is 0 Å². The molecule has 0 aliphatic carbocycles. The zero-order valence-corrected chi connectivity index (χ0v) is 12.4. The molecule has 0 aliphatic rings. The van der Waals surface area contributed by atoms with E-state index in [4.69, 9.17) is 26.8 Å². The van der Waals surface area contributed by atoms with Crippen molar-refractivity contribution in [2.45, 2.75) is 19.6 Å². The van der Waals surface area contributed by atoms with Crippen LogP contribution in [-0.2, 0) is 6.61 Å². The fraction of sp³-hybridized carbons (Fsp3) is 0.250. The van der Waals surface area contributed by atoms with Crippen LogP contribution in [0.5, 0.6) is 11.5 Å². The number of hydrogen-bond acceptors (Lipinski definition) is 3. The van der Waals surface area contributed by atoms with E-state index in [1.54, 1.807) is 7.11 Å². The van der Waals surface area contributed by atoms with Crippen LogP contribution in [0.25, 0.3) is 0 Å². The summed E-state index contributed by atoms with van der Waals surface area (Å²) in [6.45, 7) is 2.32. The second kappa shape index (κ2) is 6.64. The first kappa shape index (κ1) is 14.7. The highest BCUT2D eigenvalue weighted by atomic mass is 35.5. The molecule has 0 amide bonds. The molecule has 2 N–H and O–H groups in total. The highest BCUT2D eigenvalue weighted by molar-refractivity contribution is 6.31. The quantitative estimate of drug-likeness (QED) is 0.907. The molecule has 0 spiro atoms. The molecule has 4 heteroatoms. The van der Waals surface area contributed by atoms with Gasteiger partial charge in [-0.05, 0) is 19.1 Å². The smallest absolute Gasteiger partial charge is 0.128 e. The zero-order valence-electron chi connectivity index (χ0n) is 11.6. The van der Waals surface area contributed by atoms with Crippen molar-refractivity contribution in [2.24, 2.45) is 5.73 Å². The molecule has 2 rings (SSSR count). The molecule has 3 nitrogen and oxygen atoms in total. The van der Waals surface area contributed by atoms with Gasteiger partial charge in [0.05, 0.1) is 7.11 Å². The molecule has 106 valence electrons. The maximum atomic E-state index is 6.12. The van der Waals surface area contributed by atoms with Gasteiger partial charge in [-0.2, -0.15) is 0 Å². The van der Waals surface area contributed by atoms with Gasteiger partial charge in [-0.15, -0.1) is 0 Å². The van der Waals surface area contributed by atoms with Crippen LogP contribution in [0.3, 0.4) is 0 Å². The van der Waals surface area contributed by atoms with E-state index < -0.39 is 0 Å². The lowest BCUT2D eigenvalue weighted by Gasteiger charge is -2.15. The molecule has 0 bridgehead atoms. The van der Waals surface area contributed by atoms with Crippen molar-refractivity contribution in [3.05, 3.63) is 58.6 Å². The molecule has 0 saturated heterocycles. The fourth-order valence-corrected chi connectivity index (χ4v) is 2.10. The molecule has 20 heavy (non-hydrogen) atoms. The zero-order chi connectivity index (χ0) is 14.5. The van der Waals surface area contributed by atoms with Gasteiger partial charge < -0.3 is 15.2 Å². The number of benzene rings is 2. The lowest BCUT2D eigenvalue weighted by Crippen LogP contribution is -2.08. The molecule has 2 aromatic carbocycles. The molecule has 0 radical (unpaired) electrons. The summed E-state index contributed by atoms with van der Waals surface area (Å²) in [6.07, 6.45) is 0. The third kappa shape index (κ3) is 3.44. The van der Waals surface area contributed by atoms with Crippen LogP contribution < -0.4 is 15.2 Å². The van der Waals surface area contributed by atoms with Gasteiger partial charge in [0.15, 0.2) is 0 Å². The number of nitrogens with two attached hydrogens (primary N) is 1. The summed E-state index contributed by atoms with van der Waals surface area (Å²) in [7, 11) is 1.62. The number of hydrogen-bond donors (Lipinski definition) is 1. The van der Waals surface area contributed by atoms with Gasteiger partial charge in [-0.3, -0.25) is 0 Å². The second-order valence-corrected chi connectivity index (χ2v) is 4.98. The lowest BCUT2D eigenvalue weighted by atomic mass is 10.1. The van der Waals surface area contributed by atoms with Crippen molar-refractivity contribution >= 4 is 11.6 Å². The monoisotopic (exact) mass is 291 g/mol. The number of ether oxygens (including phenoxy) is 2. The Bertz CT molecular complexity index is 584. The number of rotatable bonds is 5. The van der Waals surface area contributed by atoms with Crippen LogP contribution >= 0.6 is 11.6 Å². The van der Waals surface area contributed by atoms with Crippen molar-refractivity contribution in [2.75, 3.05) is 7.11 Å². The normalized spacial score (nSPS) is 12.0. The highest BCUT2D eigenvalue weighted by Gasteiger charge is 2.10. The maximum Gasteiger partial charge on any atom is 0.128 e. The summed E-state index contributed by atoms with van der Waals surface area (Å²) >= 11 is 6.12. The Balaban J connectivity index is 2.21. The van der Waals surface area contributed by atoms with Crippen LogP contribution in [-0.4, -0.2) is 7.11 Å². The van der Waals surface area contributed by atoms with Gasteiger partial charge in [-0.25, -0.2) is 0 Å². The Morgan fingerprint density at radius 2 is 1.95 bits per heavy atom. The summed E-state index contributed by atoms with van der Waals surface area (Å²) < 4.78 is 11.1. The van der Waals surface area contributed by atoms with E-state index in [9.17, 15) is 0 Å². The maximum absolute atomic E-state index is 6.12. The van der Waals surface area contributed by atoms with Crippen molar-refractivity contribution in [3.8, 4) is 11.5 Å². The summed E-state index contributed by atoms with van der Waals surface area (Å²) in [6, 6.07) is 13.1. The highest BCUT2D eigenvalue weighted by Crippen LogP contribution is 2.29. The van der Waals surface area contributed by atoms with Crippen LogP contribution in [0.2, 0.25) is 5.02 Å². The van der Waals surface area contributed by atoms with Crippen molar-refractivity contribution < 1.29 is 9.47 Å². The molecular formula is C16H18ClNO2.